The lowest BCUT2D eigenvalue weighted by molar-refractivity contribution is -0.144. The molecular formula is C20H29N3O5. The number of rotatable bonds is 4. The van der Waals surface area contributed by atoms with Gasteiger partial charge >= 0.3 is 5.97 Å². The fourth-order valence-electron chi connectivity index (χ4n) is 3.07. The number of hydrogen-bond donors (Lipinski definition) is 1. The first-order valence-corrected chi connectivity index (χ1v) is 9.04. The summed E-state index contributed by atoms with van der Waals surface area (Å²) in [6.07, 6.45) is 0.331. The zero-order valence-electron chi connectivity index (χ0n) is 17.3. The van der Waals surface area contributed by atoms with Crippen molar-refractivity contribution in [1.82, 2.24) is 15.1 Å². The quantitative estimate of drug-likeness (QED) is 0.771. The summed E-state index contributed by atoms with van der Waals surface area (Å²) >= 11 is 0. The van der Waals surface area contributed by atoms with Crippen LogP contribution in [0.5, 0.6) is 0 Å². The van der Waals surface area contributed by atoms with Gasteiger partial charge < -0.3 is 19.9 Å². The molecule has 0 radical (unpaired) electrons. The number of nitrogens with zero attached hydrogens (tertiary/aromatic N) is 2. The van der Waals surface area contributed by atoms with Crippen molar-refractivity contribution in [2.75, 3.05) is 14.2 Å². The Morgan fingerprint density at radius 1 is 1.14 bits per heavy atom. The molecule has 0 aliphatic carbocycles. The Bertz CT molecular complexity index is 707. The number of amides is 3. The first-order valence-electron chi connectivity index (χ1n) is 9.04. The minimum Gasteiger partial charge on any atom is -0.467 e. The number of hydrogen-bond acceptors (Lipinski definition) is 5. The topological polar surface area (TPSA) is 96.0 Å². The fraction of sp³-hybridized carbons (Fsp3) is 0.500. The molecule has 0 aromatic heterocycles. The monoisotopic (exact) mass is 391 g/mol. The number of carbonyl (C=O) groups is 4. The largest absolute Gasteiger partial charge is 0.467 e. The summed E-state index contributed by atoms with van der Waals surface area (Å²) in [7, 11) is 3.02. The van der Waals surface area contributed by atoms with E-state index in [1.165, 1.54) is 21.0 Å². The summed E-state index contributed by atoms with van der Waals surface area (Å²) < 4.78 is 4.63. The molecule has 154 valence electrons. The fourth-order valence-corrected chi connectivity index (χ4v) is 3.07. The SMILES string of the molecule is CC(=O)N1C(C)C(=O)N(C)C1C.COC(=O)C(Cc1ccccc1)NC(C)=O. The van der Waals surface area contributed by atoms with Crippen LogP contribution in [0.1, 0.15) is 33.3 Å². The summed E-state index contributed by atoms with van der Waals surface area (Å²) in [5, 5.41) is 2.57. The third-order valence-corrected chi connectivity index (χ3v) is 4.59. The Morgan fingerprint density at radius 2 is 1.71 bits per heavy atom. The Labute approximate surface area is 165 Å². The van der Waals surface area contributed by atoms with Crippen molar-refractivity contribution in [3.63, 3.8) is 0 Å². The van der Waals surface area contributed by atoms with E-state index in [1.807, 2.05) is 37.3 Å². The second-order valence-electron chi connectivity index (χ2n) is 6.65. The van der Waals surface area contributed by atoms with Crippen LogP contribution >= 0.6 is 0 Å². The van der Waals surface area contributed by atoms with Crippen LogP contribution in [-0.2, 0) is 30.3 Å². The number of likely N-dealkylation sites (N-methyl/N-ethyl adjacent to an activating group) is 1. The van der Waals surface area contributed by atoms with Gasteiger partial charge in [-0.05, 0) is 19.4 Å². The van der Waals surface area contributed by atoms with Gasteiger partial charge in [0.2, 0.25) is 17.7 Å². The van der Waals surface area contributed by atoms with Crippen LogP contribution in [-0.4, -0.2) is 65.9 Å². The van der Waals surface area contributed by atoms with Crippen molar-refractivity contribution >= 4 is 23.7 Å². The van der Waals surface area contributed by atoms with Crippen LogP contribution in [0.4, 0.5) is 0 Å². The molecule has 1 N–H and O–H groups in total. The van der Waals surface area contributed by atoms with Gasteiger partial charge in [0.05, 0.1) is 7.11 Å². The van der Waals surface area contributed by atoms with Gasteiger partial charge in [-0.3, -0.25) is 14.4 Å². The Balaban J connectivity index is 0.000000292. The summed E-state index contributed by atoms with van der Waals surface area (Å²) in [4.78, 5) is 48.0. The van der Waals surface area contributed by atoms with E-state index in [2.05, 4.69) is 10.1 Å². The van der Waals surface area contributed by atoms with E-state index in [0.29, 0.717) is 6.42 Å². The lowest BCUT2D eigenvalue weighted by Gasteiger charge is -2.24. The smallest absolute Gasteiger partial charge is 0.328 e. The molecule has 1 aliphatic rings. The third-order valence-electron chi connectivity index (χ3n) is 4.59. The molecule has 8 heteroatoms. The molecule has 1 aliphatic heterocycles. The molecule has 0 saturated carbocycles. The number of esters is 1. The summed E-state index contributed by atoms with van der Waals surface area (Å²) in [5.41, 5.74) is 0.978. The second kappa shape index (κ2) is 10.4. The van der Waals surface area contributed by atoms with Gasteiger partial charge in [-0.25, -0.2) is 4.79 Å². The molecule has 1 aromatic carbocycles. The van der Waals surface area contributed by atoms with Gasteiger partial charge in [-0.15, -0.1) is 0 Å². The number of ether oxygens (including phenoxy) is 1. The van der Waals surface area contributed by atoms with Gasteiger partial charge in [-0.1, -0.05) is 30.3 Å². The van der Waals surface area contributed by atoms with Crippen molar-refractivity contribution in [3.8, 4) is 0 Å². The molecule has 0 bridgehead atoms. The van der Waals surface area contributed by atoms with Gasteiger partial charge in [0.25, 0.3) is 0 Å². The van der Waals surface area contributed by atoms with Crippen molar-refractivity contribution in [2.45, 2.75) is 52.4 Å². The van der Waals surface area contributed by atoms with Crippen LogP contribution in [0, 0.1) is 0 Å². The second-order valence-corrected chi connectivity index (χ2v) is 6.65. The summed E-state index contributed by atoms with van der Waals surface area (Å²) in [5.74, 6) is -0.712. The Kier molecular flexibility index (Phi) is 8.63. The summed E-state index contributed by atoms with van der Waals surface area (Å²) in [6.45, 7) is 6.47. The third kappa shape index (κ3) is 6.07. The Hall–Kier alpha value is -2.90. The minimum absolute atomic E-state index is 0.0118. The molecule has 3 amide bonds. The van der Waals surface area contributed by atoms with Gasteiger partial charge in [0.1, 0.15) is 18.2 Å². The van der Waals surface area contributed by atoms with Crippen molar-refractivity contribution in [3.05, 3.63) is 35.9 Å². The zero-order chi connectivity index (χ0) is 21.4. The maximum Gasteiger partial charge on any atom is 0.328 e. The molecule has 0 spiro atoms. The van der Waals surface area contributed by atoms with E-state index in [0.717, 1.165) is 5.56 Å². The highest BCUT2D eigenvalue weighted by molar-refractivity contribution is 5.90. The molecule has 1 aromatic rings. The highest BCUT2D eigenvalue weighted by Crippen LogP contribution is 2.19. The molecule has 1 saturated heterocycles. The lowest BCUT2D eigenvalue weighted by atomic mass is 10.1. The molecule has 3 unspecified atom stereocenters. The molecule has 1 fully saturated rings. The number of carbonyl (C=O) groups excluding carboxylic acids is 4. The van der Waals surface area contributed by atoms with Crippen LogP contribution in [0.25, 0.3) is 0 Å². The van der Waals surface area contributed by atoms with Crippen LogP contribution in [0.15, 0.2) is 30.3 Å². The minimum atomic E-state index is -0.620. The molecule has 2 rings (SSSR count). The van der Waals surface area contributed by atoms with Crippen molar-refractivity contribution in [1.29, 1.82) is 0 Å². The van der Waals surface area contributed by atoms with E-state index in [-0.39, 0.29) is 29.9 Å². The normalized spacial score (nSPS) is 19.4. The maximum atomic E-state index is 11.4. The highest BCUT2D eigenvalue weighted by Gasteiger charge is 2.40. The highest BCUT2D eigenvalue weighted by atomic mass is 16.5. The predicted octanol–water partition coefficient (Wildman–Crippen LogP) is 0.948. The summed E-state index contributed by atoms with van der Waals surface area (Å²) in [6, 6.07) is 8.55. The van der Waals surface area contributed by atoms with E-state index in [9.17, 15) is 19.2 Å². The van der Waals surface area contributed by atoms with Crippen molar-refractivity contribution < 1.29 is 23.9 Å². The number of benzene rings is 1. The number of nitrogens with one attached hydrogen (secondary N) is 1. The molecule has 1 heterocycles. The van der Waals surface area contributed by atoms with Gasteiger partial charge in [-0.2, -0.15) is 0 Å². The van der Waals surface area contributed by atoms with Crippen LogP contribution < -0.4 is 5.32 Å². The van der Waals surface area contributed by atoms with E-state index >= 15 is 0 Å². The number of methoxy groups -OCH3 is 1. The van der Waals surface area contributed by atoms with E-state index in [1.54, 1.807) is 23.8 Å². The first kappa shape index (κ1) is 23.1. The van der Waals surface area contributed by atoms with Crippen LogP contribution in [0.3, 0.4) is 0 Å². The molecule has 8 nitrogen and oxygen atoms in total. The van der Waals surface area contributed by atoms with E-state index < -0.39 is 12.0 Å². The Morgan fingerprint density at radius 3 is 2.07 bits per heavy atom. The first-order chi connectivity index (χ1) is 13.1. The van der Waals surface area contributed by atoms with Crippen molar-refractivity contribution in [2.24, 2.45) is 0 Å². The van der Waals surface area contributed by atoms with E-state index in [4.69, 9.17) is 0 Å². The average molecular weight is 391 g/mol. The molecule has 3 atom stereocenters. The standard InChI is InChI=1S/C12H15NO3.C8H14N2O2/c1-9(14)13-11(12(15)16-2)8-10-6-4-3-5-7-10;1-5-8(12)9(4)6(2)10(5)7(3)11/h3-7,11H,8H2,1-2H3,(H,13,14);5-6H,1-4H3. The lowest BCUT2D eigenvalue weighted by Crippen LogP contribution is -2.41. The predicted molar refractivity (Wildman–Crippen MR) is 104 cm³/mol. The molecular weight excluding hydrogens is 362 g/mol. The van der Waals surface area contributed by atoms with Gasteiger partial charge in [0.15, 0.2) is 0 Å². The van der Waals surface area contributed by atoms with Crippen LogP contribution in [0.2, 0.25) is 0 Å². The van der Waals surface area contributed by atoms with Gasteiger partial charge in [0, 0.05) is 27.3 Å². The maximum absolute atomic E-state index is 11.4. The zero-order valence-corrected chi connectivity index (χ0v) is 17.3. The average Bonchev–Trinajstić information content (AvgIpc) is 2.84. The molecule has 28 heavy (non-hydrogen) atoms.